The van der Waals surface area contributed by atoms with Gasteiger partial charge in [-0.05, 0) is 62.0 Å². The molecule has 6 rings (SSSR count). The van der Waals surface area contributed by atoms with E-state index < -0.39 is 30.8 Å². The first kappa shape index (κ1) is 20.8. The quantitative estimate of drug-likeness (QED) is 0.727. The van der Waals surface area contributed by atoms with E-state index >= 15 is 0 Å². The van der Waals surface area contributed by atoms with Crippen LogP contribution in [0.25, 0.3) is 0 Å². The van der Waals surface area contributed by atoms with Gasteiger partial charge in [-0.2, -0.15) is 5.26 Å². The van der Waals surface area contributed by atoms with Crippen molar-refractivity contribution in [2.75, 3.05) is 13.1 Å². The molecular weight excluding hydrogens is 400 g/mol. The van der Waals surface area contributed by atoms with Crippen molar-refractivity contribution in [3.8, 4) is 6.07 Å². The van der Waals surface area contributed by atoms with Gasteiger partial charge in [-0.3, -0.25) is 9.78 Å². The van der Waals surface area contributed by atoms with Crippen LogP contribution in [-0.4, -0.2) is 51.9 Å². The van der Waals surface area contributed by atoms with Crippen LogP contribution < -0.4 is 10.6 Å². The highest BCUT2D eigenvalue weighted by Gasteiger charge is 2.57. The first-order chi connectivity index (χ1) is 14.8. The molecule has 8 heteroatoms. The Hall–Kier alpha value is -2.11. The fourth-order valence-electron chi connectivity index (χ4n) is 7.03. The van der Waals surface area contributed by atoms with Gasteiger partial charge in [0.15, 0.2) is 0 Å². The van der Waals surface area contributed by atoms with E-state index in [-0.39, 0.29) is 17.6 Å². The number of hydrogen-bond donors (Lipinski definition) is 2. The number of carbonyl (C=O) groups excluding carboxylic acids is 1. The van der Waals surface area contributed by atoms with Crippen LogP contribution in [0.4, 0.5) is 8.78 Å². The molecule has 166 valence electrons. The number of aromatic nitrogens is 1. The molecule has 5 fully saturated rings. The van der Waals surface area contributed by atoms with Gasteiger partial charge in [0, 0.05) is 36.4 Å². The molecule has 6 nitrogen and oxygen atoms in total. The summed E-state index contributed by atoms with van der Waals surface area (Å²) in [4.78, 5) is 18.0. The standard InChI is InChI=1S/C23H29F2N5O/c24-23(25)9-19(10-26)30(15-23)20(31)13-29-22-7-17-4-18(8-22)6-21(5-17,14-22)28-12-16-2-1-3-27-11-16/h1-3,11,17-19,28-29H,4-9,12-15H2/t17?,18?,19-,21?,22?/m0/s1. The van der Waals surface area contributed by atoms with Crippen LogP contribution in [0.5, 0.6) is 0 Å². The molecule has 4 aliphatic carbocycles. The molecule has 1 aromatic heterocycles. The van der Waals surface area contributed by atoms with Gasteiger partial charge in [0.05, 0.1) is 19.2 Å². The largest absolute Gasteiger partial charge is 0.319 e. The average Bonchev–Trinajstić information content (AvgIpc) is 3.05. The fourth-order valence-corrected chi connectivity index (χ4v) is 7.03. The lowest BCUT2D eigenvalue weighted by Gasteiger charge is -2.62. The number of carbonyl (C=O) groups is 1. The Bertz CT molecular complexity index is 872. The minimum atomic E-state index is -2.98. The van der Waals surface area contributed by atoms with Crippen molar-refractivity contribution in [3.63, 3.8) is 0 Å². The van der Waals surface area contributed by atoms with E-state index in [2.05, 4.69) is 21.7 Å². The van der Waals surface area contributed by atoms with Gasteiger partial charge in [-0.15, -0.1) is 0 Å². The van der Waals surface area contributed by atoms with Crippen LogP contribution in [0.15, 0.2) is 24.5 Å². The molecule has 2 unspecified atom stereocenters. The van der Waals surface area contributed by atoms with Gasteiger partial charge in [0.25, 0.3) is 5.92 Å². The molecule has 4 saturated carbocycles. The minimum absolute atomic E-state index is 0.0202. The monoisotopic (exact) mass is 429 g/mol. The fraction of sp³-hybridized carbons (Fsp3) is 0.696. The summed E-state index contributed by atoms with van der Waals surface area (Å²) < 4.78 is 27.5. The molecule has 5 aliphatic rings. The van der Waals surface area contributed by atoms with Crippen molar-refractivity contribution in [3.05, 3.63) is 30.1 Å². The summed E-state index contributed by atoms with van der Waals surface area (Å²) in [7, 11) is 0. The molecule has 1 aromatic rings. The molecule has 4 bridgehead atoms. The maximum atomic E-state index is 13.7. The maximum absolute atomic E-state index is 13.7. The lowest BCUT2D eigenvalue weighted by molar-refractivity contribution is -0.133. The predicted molar refractivity (Wildman–Crippen MR) is 110 cm³/mol. The number of nitrogens with zero attached hydrogens (tertiary/aromatic N) is 3. The molecule has 0 radical (unpaired) electrons. The van der Waals surface area contributed by atoms with Crippen LogP contribution in [-0.2, 0) is 11.3 Å². The summed E-state index contributed by atoms with van der Waals surface area (Å²) in [5.41, 5.74) is 1.07. The topological polar surface area (TPSA) is 81.0 Å². The molecule has 1 saturated heterocycles. The normalized spacial score (nSPS) is 37.7. The van der Waals surface area contributed by atoms with E-state index in [1.54, 1.807) is 6.20 Å². The zero-order valence-corrected chi connectivity index (χ0v) is 17.6. The van der Waals surface area contributed by atoms with Gasteiger partial charge < -0.3 is 15.5 Å². The molecule has 31 heavy (non-hydrogen) atoms. The molecule has 1 amide bonds. The highest BCUT2D eigenvalue weighted by molar-refractivity contribution is 5.79. The minimum Gasteiger partial charge on any atom is -0.319 e. The molecular formula is C23H29F2N5O. The number of halogens is 2. The second-order valence-corrected chi connectivity index (χ2v) is 10.3. The molecule has 2 N–H and O–H groups in total. The number of nitriles is 1. The third-order valence-corrected chi connectivity index (χ3v) is 7.81. The van der Waals surface area contributed by atoms with Crippen molar-refractivity contribution in [1.29, 1.82) is 5.26 Å². The summed E-state index contributed by atoms with van der Waals surface area (Å²) >= 11 is 0. The van der Waals surface area contributed by atoms with E-state index in [0.717, 1.165) is 49.1 Å². The number of pyridine rings is 1. The highest BCUT2D eigenvalue weighted by Crippen LogP contribution is 2.57. The zero-order valence-electron chi connectivity index (χ0n) is 17.6. The van der Waals surface area contributed by atoms with Crippen molar-refractivity contribution >= 4 is 5.91 Å². The van der Waals surface area contributed by atoms with E-state index in [0.29, 0.717) is 11.8 Å². The van der Waals surface area contributed by atoms with Crippen LogP contribution in [0.1, 0.15) is 50.5 Å². The first-order valence-corrected chi connectivity index (χ1v) is 11.3. The second kappa shape index (κ2) is 7.49. The SMILES string of the molecule is N#C[C@@H]1CC(F)(F)CN1C(=O)CNC12CC3CC(C1)CC(NCc1cccnc1)(C3)C2. The Morgan fingerprint density at radius 2 is 1.90 bits per heavy atom. The lowest BCUT2D eigenvalue weighted by atomic mass is 9.50. The van der Waals surface area contributed by atoms with Crippen molar-refractivity contribution in [1.82, 2.24) is 20.5 Å². The van der Waals surface area contributed by atoms with Crippen molar-refractivity contribution in [2.45, 2.75) is 74.5 Å². The molecule has 3 atom stereocenters. The summed E-state index contributed by atoms with van der Waals surface area (Å²) in [6.45, 7) is 0.141. The maximum Gasteiger partial charge on any atom is 0.268 e. The Morgan fingerprint density at radius 3 is 2.55 bits per heavy atom. The third-order valence-electron chi connectivity index (χ3n) is 7.81. The van der Waals surface area contributed by atoms with Crippen molar-refractivity contribution < 1.29 is 13.6 Å². The molecule has 1 aliphatic heterocycles. The van der Waals surface area contributed by atoms with E-state index in [1.807, 2.05) is 18.3 Å². The number of amides is 1. The number of hydrogen-bond acceptors (Lipinski definition) is 5. The van der Waals surface area contributed by atoms with Gasteiger partial charge in [0.1, 0.15) is 6.04 Å². The van der Waals surface area contributed by atoms with Crippen molar-refractivity contribution in [2.24, 2.45) is 11.8 Å². The van der Waals surface area contributed by atoms with Crippen LogP contribution in [0, 0.1) is 23.2 Å². The average molecular weight is 430 g/mol. The Labute approximate surface area is 181 Å². The van der Waals surface area contributed by atoms with Gasteiger partial charge in [0.2, 0.25) is 5.91 Å². The van der Waals surface area contributed by atoms with E-state index in [9.17, 15) is 18.8 Å². The molecule has 2 heterocycles. The smallest absolute Gasteiger partial charge is 0.268 e. The van der Waals surface area contributed by atoms with Gasteiger partial charge in [-0.25, -0.2) is 8.78 Å². The number of rotatable bonds is 6. The number of likely N-dealkylation sites (tertiary alicyclic amines) is 1. The Kier molecular flexibility index (Phi) is 5.02. The Morgan fingerprint density at radius 1 is 1.19 bits per heavy atom. The van der Waals surface area contributed by atoms with Crippen LogP contribution >= 0.6 is 0 Å². The van der Waals surface area contributed by atoms with Gasteiger partial charge >= 0.3 is 0 Å². The third kappa shape index (κ3) is 4.06. The van der Waals surface area contributed by atoms with E-state index in [4.69, 9.17) is 0 Å². The zero-order chi connectivity index (χ0) is 21.7. The van der Waals surface area contributed by atoms with Crippen LogP contribution in [0.2, 0.25) is 0 Å². The first-order valence-electron chi connectivity index (χ1n) is 11.3. The lowest BCUT2D eigenvalue weighted by Crippen LogP contribution is -2.69. The van der Waals surface area contributed by atoms with Gasteiger partial charge in [-0.1, -0.05) is 6.07 Å². The number of alkyl halides is 2. The summed E-state index contributed by atoms with van der Waals surface area (Å²) in [5.74, 6) is -2.13. The number of nitrogens with one attached hydrogen (secondary N) is 2. The molecule has 0 spiro atoms. The Balaban J connectivity index is 1.25. The summed E-state index contributed by atoms with van der Waals surface area (Å²) in [6, 6.07) is 4.85. The second-order valence-electron chi connectivity index (χ2n) is 10.3. The molecule has 0 aromatic carbocycles. The summed E-state index contributed by atoms with van der Waals surface area (Å²) in [5, 5.41) is 16.5. The highest BCUT2D eigenvalue weighted by atomic mass is 19.3. The van der Waals surface area contributed by atoms with Crippen LogP contribution in [0.3, 0.4) is 0 Å². The van der Waals surface area contributed by atoms with E-state index in [1.165, 1.54) is 6.42 Å². The predicted octanol–water partition coefficient (Wildman–Crippen LogP) is 2.61. The summed E-state index contributed by atoms with van der Waals surface area (Å²) in [6.07, 6.45) is 9.64.